The van der Waals surface area contributed by atoms with E-state index in [-0.39, 0.29) is 36.5 Å². The third-order valence-electron chi connectivity index (χ3n) is 6.69. The van der Waals surface area contributed by atoms with E-state index in [1.165, 1.54) is 7.11 Å². The predicted octanol–water partition coefficient (Wildman–Crippen LogP) is 0.881. The van der Waals surface area contributed by atoms with Crippen molar-refractivity contribution in [2.45, 2.75) is 37.8 Å². The first-order valence-electron chi connectivity index (χ1n) is 11.9. The third kappa shape index (κ3) is 5.65. The normalized spacial score (nSPS) is 21.8. The standard InChI is InChI=1S/C24H34N4O5/c1-32-17-22(29)25-18-8-10-26(11-9-18)20-6-3-2-5-19(20)23(30)27-12-14-28(15-13-27)24(31)21-7-4-16-33-21/h2-3,5-6,18,21H,4,7-17H2,1H3,(H,25,29). The molecule has 3 amide bonds. The first-order chi connectivity index (χ1) is 16.1. The summed E-state index contributed by atoms with van der Waals surface area (Å²) in [6.45, 7) is 4.40. The zero-order valence-electron chi connectivity index (χ0n) is 19.3. The summed E-state index contributed by atoms with van der Waals surface area (Å²) in [4.78, 5) is 43.7. The van der Waals surface area contributed by atoms with Gasteiger partial charge in [0.15, 0.2) is 0 Å². The van der Waals surface area contributed by atoms with Crippen LogP contribution in [0.25, 0.3) is 0 Å². The molecule has 1 aromatic rings. The van der Waals surface area contributed by atoms with Crippen LogP contribution in [0.5, 0.6) is 0 Å². The second kappa shape index (κ2) is 11.0. The number of para-hydroxylation sites is 1. The van der Waals surface area contributed by atoms with Crippen LogP contribution in [0.15, 0.2) is 24.3 Å². The number of anilines is 1. The van der Waals surface area contributed by atoms with Gasteiger partial charge in [-0.3, -0.25) is 14.4 Å². The van der Waals surface area contributed by atoms with E-state index < -0.39 is 0 Å². The highest BCUT2D eigenvalue weighted by molar-refractivity contribution is 6.00. The van der Waals surface area contributed by atoms with Gasteiger partial charge in [0, 0.05) is 64.7 Å². The van der Waals surface area contributed by atoms with Gasteiger partial charge in [-0.15, -0.1) is 0 Å². The third-order valence-corrected chi connectivity index (χ3v) is 6.69. The molecule has 1 aromatic carbocycles. The van der Waals surface area contributed by atoms with Crippen LogP contribution in [0.1, 0.15) is 36.0 Å². The van der Waals surface area contributed by atoms with Crippen molar-refractivity contribution in [3.05, 3.63) is 29.8 Å². The maximum Gasteiger partial charge on any atom is 0.256 e. The zero-order chi connectivity index (χ0) is 23.2. The van der Waals surface area contributed by atoms with Crippen LogP contribution in [-0.2, 0) is 19.1 Å². The average Bonchev–Trinajstić information content (AvgIpc) is 3.39. The lowest BCUT2D eigenvalue weighted by molar-refractivity contribution is -0.142. The lowest BCUT2D eigenvalue weighted by Crippen LogP contribution is -2.53. The predicted molar refractivity (Wildman–Crippen MR) is 123 cm³/mol. The summed E-state index contributed by atoms with van der Waals surface area (Å²) >= 11 is 0. The van der Waals surface area contributed by atoms with Crippen LogP contribution in [0, 0.1) is 0 Å². The number of methoxy groups -OCH3 is 1. The van der Waals surface area contributed by atoms with E-state index in [9.17, 15) is 14.4 Å². The minimum Gasteiger partial charge on any atom is -0.375 e. The van der Waals surface area contributed by atoms with Gasteiger partial charge >= 0.3 is 0 Å². The highest BCUT2D eigenvalue weighted by Crippen LogP contribution is 2.26. The Kier molecular flexibility index (Phi) is 7.82. The maximum atomic E-state index is 13.4. The molecular weight excluding hydrogens is 424 g/mol. The van der Waals surface area contributed by atoms with E-state index in [0.29, 0.717) is 38.3 Å². The molecule has 0 spiro atoms. The minimum atomic E-state index is -0.310. The Hall–Kier alpha value is -2.65. The Morgan fingerprint density at radius 1 is 1.00 bits per heavy atom. The lowest BCUT2D eigenvalue weighted by atomic mass is 10.0. The molecule has 9 heteroatoms. The van der Waals surface area contributed by atoms with E-state index in [1.807, 2.05) is 34.1 Å². The van der Waals surface area contributed by atoms with Crippen molar-refractivity contribution in [1.82, 2.24) is 15.1 Å². The monoisotopic (exact) mass is 458 g/mol. The van der Waals surface area contributed by atoms with E-state index in [1.54, 1.807) is 0 Å². The number of nitrogens with zero attached hydrogens (tertiary/aromatic N) is 3. The molecule has 0 aliphatic carbocycles. The summed E-state index contributed by atoms with van der Waals surface area (Å²) in [6.07, 6.45) is 3.06. The lowest BCUT2D eigenvalue weighted by Gasteiger charge is -2.37. The summed E-state index contributed by atoms with van der Waals surface area (Å²) in [5, 5.41) is 3.01. The second-order valence-corrected chi connectivity index (χ2v) is 8.90. The van der Waals surface area contributed by atoms with Crippen molar-refractivity contribution in [3.8, 4) is 0 Å². The van der Waals surface area contributed by atoms with Gasteiger partial charge in [0.05, 0.1) is 5.56 Å². The highest BCUT2D eigenvalue weighted by atomic mass is 16.5. The molecule has 0 radical (unpaired) electrons. The van der Waals surface area contributed by atoms with Gasteiger partial charge in [0.2, 0.25) is 5.91 Å². The first-order valence-corrected chi connectivity index (χ1v) is 11.9. The molecule has 1 N–H and O–H groups in total. The molecular formula is C24H34N4O5. The molecule has 1 unspecified atom stereocenters. The number of nitrogens with one attached hydrogen (secondary N) is 1. The smallest absolute Gasteiger partial charge is 0.256 e. The average molecular weight is 459 g/mol. The fraction of sp³-hybridized carbons (Fsp3) is 0.625. The van der Waals surface area contributed by atoms with Crippen molar-refractivity contribution in [2.24, 2.45) is 0 Å². The number of amides is 3. The van der Waals surface area contributed by atoms with Crippen molar-refractivity contribution in [1.29, 1.82) is 0 Å². The first kappa shape index (κ1) is 23.5. The number of ether oxygens (including phenoxy) is 2. The zero-order valence-corrected chi connectivity index (χ0v) is 19.3. The van der Waals surface area contributed by atoms with Crippen LogP contribution < -0.4 is 10.2 Å². The van der Waals surface area contributed by atoms with Gasteiger partial charge in [-0.25, -0.2) is 0 Å². The van der Waals surface area contributed by atoms with Crippen LogP contribution in [-0.4, -0.2) is 99.3 Å². The van der Waals surface area contributed by atoms with Crippen LogP contribution in [0.4, 0.5) is 5.69 Å². The molecule has 3 fully saturated rings. The molecule has 0 saturated carbocycles. The molecule has 9 nitrogen and oxygen atoms in total. The van der Waals surface area contributed by atoms with Gasteiger partial charge in [-0.05, 0) is 37.8 Å². The van der Waals surface area contributed by atoms with Crippen molar-refractivity contribution >= 4 is 23.4 Å². The van der Waals surface area contributed by atoms with E-state index >= 15 is 0 Å². The van der Waals surface area contributed by atoms with Gasteiger partial charge < -0.3 is 29.5 Å². The van der Waals surface area contributed by atoms with E-state index in [0.717, 1.165) is 44.5 Å². The number of piperazine rings is 1. The van der Waals surface area contributed by atoms with Crippen LogP contribution >= 0.6 is 0 Å². The van der Waals surface area contributed by atoms with Crippen LogP contribution in [0.3, 0.4) is 0 Å². The second-order valence-electron chi connectivity index (χ2n) is 8.90. The fourth-order valence-electron chi connectivity index (χ4n) is 4.87. The van der Waals surface area contributed by atoms with Crippen molar-refractivity contribution in [3.63, 3.8) is 0 Å². The summed E-state index contributed by atoms with van der Waals surface area (Å²) in [5.41, 5.74) is 1.63. The summed E-state index contributed by atoms with van der Waals surface area (Å²) in [6, 6.07) is 7.85. The number of hydrogen-bond acceptors (Lipinski definition) is 6. The number of rotatable bonds is 6. The van der Waals surface area contributed by atoms with E-state index in [4.69, 9.17) is 9.47 Å². The molecule has 4 rings (SSSR count). The van der Waals surface area contributed by atoms with E-state index in [2.05, 4.69) is 10.2 Å². The molecule has 33 heavy (non-hydrogen) atoms. The summed E-state index contributed by atoms with van der Waals surface area (Å²) < 4.78 is 10.4. The van der Waals surface area contributed by atoms with Crippen molar-refractivity contribution in [2.75, 3.05) is 64.5 Å². The molecule has 3 heterocycles. The Morgan fingerprint density at radius 3 is 2.36 bits per heavy atom. The Labute approximate surface area is 195 Å². The fourth-order valence-corrected chi connectivity index (χ4v) is 4.87. The maximum absolute atomic E-state index is 13.4. The Bertz CT molecular complexity index is 841. The van der Waals surface area contributed by atoms with Gasteiger partial charge in [-0.1, -0.05) is 12.1 Å². The Morgan fingerprint density at radius 2 is 1.70 bits per heavy atom. The number of carbonyl (C=O) groups excluding carboxylic acids is 3. The van der Waals surface area contributed by atoms with Crippen molar-refractivity contribution < 1.29 is 23.9 Å². The minimum absolute atomic E-state index is 0.00494. The largest absolute Gasteiger partial charge is 0.375 e. The number of hydrogen-bond donors (Lipinski definition) is 1. The van der Waals surface area contributed by atoms with Crippen LogP contribution in [0.2, 0.25) is 0 Å². The Balaban J connectivity index is 1.33. The number of carbonyl (C=O) groups is 3. The van der Waals surface area contributed by atoms with Gasteiger partial charge in [0.25, 0.3) is 11.8 Å². The molecule has 3 aliphatic heterocycles. The highest BCUT2D eigenvalue weighted by Gasteiger charge is 2.32. The molecule has 1 atom stereocenters. The molecule has 180 valence electrons. The molecule has 3 aliphatic rings. The molecule has 0 bridgehead atoms. The number of piperidine rings is 1. The summed E-state index contributed by atoms with van der Waals surface area (Å²) in [7, 11) is 1.51. The molecule has 3 saturated heterocycles. The van der Waals surface area contributed by atoms with Gasteiger partial charge in [0.1, 0.15) is 12.7 Å². The van der Waals surface area contributed by atoms with Gasteiger partial charge in [-0.2, -0.15) is 0 Å². The summed E-state index contributed by atoms with van der Waals surface area (Å²) in [5.74, 6) is -0.0329. The topological polar surface area (TPSA) is 91.4 Å². The SMILES string of the molecule is COCC(=O)NC1CCN(c2ccccc2C(=O)N2CCN(C(=O)C3CCCO3)CC2)CC1. The number of benzene rings is 1. The molecule has 0 aromatic heterocycles. The quantitative estimate of drug-likeness (QED) is 0.681.